The molecule has 0 bridgehead atoms. The highest BCUT2D eigenvalue weighted by Gasteiger charge is 2.61. The molecule has 8 heteroatoms. The van der Waals surface area contributed by atoms with Gasteiger partial charge >= 0.3 is 18.1 Å². The Hall–Kier alpha value is -0.790. The van der Waals surface area contributed by atoms with E-state index in [1.54, 1.807) is 0 Å². The summed E-state index contributed by atoms with van der Waals surface area (Å²) in [5.74, 6) is -7.39. The Bertz CT molecular complexity index is 248. The average Bonchev–Trinajstić information content (AvgIpc) is 2.01. The highest BCUT2D eigenvalue weighted by atomic mass is 19.3. The molecule has 0 aromatic heterocycles. The summed E-state index contributed by atoms with van der Waals surface area (Å²) >= 11 is 0. The molecule has 90 valence electrons. The summed E-state index contributed by atoms with van der Waals surface area (Å²) in [5.41, 5.74) is 0. The molecule has 0 aromatic rings. The van der Waals surface area contributed by atoms with E-state index in [9.17, 15) is 30.7 Å². The topological polar surface area (TPSA) is 9.23 Å². The lowest BCUT2D eigenvalue weighted by atomic mass is 10.2. The van der Waals surface area contributed by atoms with E-state index in [0.717, 1.165) is 0 Å². The summed E-state index contributed by atoms with van der Waals surface area (Å²) in [6.45, 7) is 2.64. The molecule has 0 aliphatic carbocycles. The zero-order valence-corrected chi connectivity index (χ0v) is 7.47. The smallest absolute Gasteiger partial charge is 0.245 e. The second kappa shape index (κ2) is 3.99. The third-order valence-corrected chi connectivity index (χ3v) is 1.44. The third-order valence-electron chi connectivity index (χ3n) is 1.44. The lowest BCUT2D eigenvalue weighted by Crippen LogP contribution is -2.47. The molecule has 0 aliphatic heterocycles. The van der Waals surface area contributed by atoms with Gasteiger partial charge in [-0.05, 0) is 0 Å². The van der Waals surface area contributed by atoms with Crippen molar-refractivity contribution < 1.29 is 35.5 Å². The molecule has 0 atom stereocenters. The zero-order valence-electron chi connectivity index (χ0n) is 7.47. The highest BCUT2D eigenvalue weighted by Crippen LogP contribution is 2.43. The molecule has 0 fully saturated rings. The van der Waals surface area contributed by atoms with Crippen LogP contribution in [0.5, 0.6) is 0 Å². The predicted octanol–water partition coefficient (Wildman–Crippen LogP) is 3.72. The van der Waals surface area contributed by atoms with Crippen LogP contribution in [-0.4, -0.2) is 18.1 Å². The maximum absolute atomic E-state index is 12.4. The lowest BCUT2D eigenvalue weighted by Gasteiger charge is -2.27. The second-order valence-corrected chi connectivity index (χ2v) is 2.60. The Morgan fingerprint density at radius 2 is 1.53 bits per heavy atom. The van der Waals surface area contributed by atoms with Gasteiger partial charge in [-0.3, -0.25) is 0 Å². The summed E-state index contributed by atoms with van der Waals surface area (Å²) < 4.78 is 88.2. The van der Waals surface area contributed by atoms with Crippen LogP contribution in [0.25, 0.3) is 0 Å². The van der Waals surface area contributed by atoms with Crippen molar-refractivity contribution >= 4 is 0 Å². The monoisotopic (exact) mass is 240 g/mol. The summed E-state index contributed by atoms with van der Waals surface area (Å²) in [4.78, 5) is 0. The van der Waals surface area contributed by atoms with Gasteiger partial charge in [-0.1, -0.05) is 13.5 Å². The van der Waals surface area contributed by atoms with Crippen molar-refractivity contribution in [2.45, 2.75) is 31.5 Å². The van der Waals surface area contributed by atoms with Crippen LogP contribution in [0.4, 0.5) is 30.7 Å². The average molecular weight is 240 g/mol. The molecule has 0 unspecified atom stereocenters. The largest absolute Gasteiger partial charge is 0.424 e. The van der Waals surface area contributed by atoms with E-state index < -0.39 is 30.4 Å². The minimum atomic E-state index is -5.47. The summed E-state index contributed by atoms with van der Waals surface area (Å²) in [6.07, 6.45) is -12.1. The highest BCUT2D eigenvalue weighted by molar-refractivity contribution is 4.92. The van der Waals surface area contributed by atoms with Crippen molar-refractivity contribution in [1.29, 1.82) is 0 Å². The molecule has 0 amide bonds. The van der Waals surface area contributed by atoms with E-state index >= 15 is 0 Å². The van der Waals surface area contributed by atoms with Gasteiger partial charge in [0.15, 0.2) is 5.83 Å². The van der Waals surface area contributed by atoms with Gasteiger partial charge in [0.1, 0.15) is 0 Å². The molecule has 15 heavy (non-hydrogen) atoms. The molecule has 1 nitrogen and oxygen atoms in total. The van der Waals surface area contributed by atoms with Crippen LogP contribution in [0.2, 0.25) is 0 Å². The fourth-order valence-electron chi connectivity index (χ4n) is 0.497. The molecule has 0 saturated heterocycles. The first-order valence-corrected chi connectivity index (χ1v) is 3.65. The van der Waals surface area contributed by atoms with E-state index in [-0.39, 0.29) is 0 Å². The molecule has 0 heterocycles. The first kappa shape index (κ1) is 14.2. The van der Waals surface area contributed by atoms with E-state index in [1.165, 1.54) is 0 Å². The summed E-state index contributed by atoms with van der Waals surface area (Å²) in [7, 11) is 0. The van der Waals surface area contributed by atoms with Crippen LogP contribution < -0.4 is 0 Å². The number of halogens is 7. The number of hydrogen-bond acceptors (Lipinski definition) is 1. The van der Waals surface area contributed by atoms with Gasteiger partial charge in [-0.25, -0.2) is 9.13 Å². The van der Waals surface area contributed by atoms with E-state index in [0.29, 0.717) is 6.92 Å². The quantitative estimate of drug-likeness (QED) is 0.665. The minimum Gasteiger partial charge on any atom is -0.245 e. The van der Waals surface area contributed by atoms with Gasteiger partial charge < -0.3 is 0 Å². The number of rotatable bonds is 5. The van der Waals surface area contributed by atoms with Crippen molar-refractivity contribution in [2.75, 3.05) is 0 Å². The van der Waals surface area contributed by atoms with Crippen molar-refractivity contribution in [3.63, 3.8) is 0 Å². The van der Waals surface area contributed by atoms with Crippen molar-refractivity contribution in [1.82, 2.24) is 0 Å². The van der Waals surface area contributed by atoms with Crippen molar-refractivity contribution in [2.24, 2.45) is 0 Å². The number of ether oxygens (including phenoxy) is 1. The molecule has 0 spiro atoms. The fourth-order valence-corrected chi connectivity index (χ4v) is 0.497. The lowest BCUT2D eigenvalue weighted by molar-refractivity contribution is -0.423. The Morgan fingerprint density at radius 3 is 1.80 bits per heavy atom. The maximum atomic E-state index is 12.4. The Kier molecular flexibility index (Phi) is 3.78. The molecule has 0 aromatic carbocycles. The van der Waals surface area contributed by atoms with Gasteiger partial charge in [0, 0.05) is 6.42 Å². The van der Waals surface area contributed by atoms with Gasteiger partial charge in [0.05, 0.1) is 0 Å². The molecule has 0 radical (unpaired) electrons. The van der Waals surface area contributed by atoms with E-state index in [4.69, 9.17) is 0 Å². The summed E-state index contributed by atoms with van der Waals surface area (Å²) in [6, 6.07) is 0. The molecule has 0 aliphatic rings. The molecular formula is C7H7F7O. The Morgan fingerprint density at radius 1 is 1.13 bits per heavy atom. The maximum Gasteiger partial charge on any atom is 0.424 e. The fraction of sp³-hybridized carbons (Fsp3) is 0.714. The standard InChI is InChI=1S/C7H7F7O/c1-3-5(9,10)7(13,14)15-6(11,12)4(2)8/h2-3H2,1H3. The first-order chi connectivity index (χ1) is 6.46. The van der Waals surface area contributed by atoms with Crippen LogP contribution in [-0.2, 0) is 4.74 Å². The SMILES string of the molecule is C=C(F)C(F)(F)OC(F)(F)C(F)(F)CC. The van der Waals surface area contributed by atoms with Crippen LogP contribution in [0.3, 0.4) is 0 Å². The molecular weight excluding hydrogens is 233 g/mol. The molecule has 0 saturated carbocycles. The normalized spacial score (nSPS) is 14.1. The second-order valence-electron chi connectivity index (χ2n) is 2.60. The van der Waals surface area contributed by atoms with Crippen LogP contribution in [0.15, 0.2) is 12.4 Å². The molecule has 0 rings (SSSR count). The van der Waals surface area contributed by atoms with Crippen molar-refractivity contribution in [3.8, 4) is 0 Å². The Labute approximate surface area is 80.5 Å². The predicted molar refractivity (Wildman–Crippen MR) is 36.5 cm³/mol. The first-order valence-electron chi connectivity index (χ1n) is 3.65. The van der Waals surface area contributed by atoms with Crippen LogP contribution in [0, 0.1) is 0 Å². The minimum absolute atomic E-state index is 0.639. The Balaban J connectivity index is 4.86. The van der Waals surface area contributed by atoms with E-state index in [2.05, 4.69) is 4.74 Å². The zero-order chi connectivity index (χ0) is 12.5. The van der Waals surface area contributed by atoms with Gasteiger partial charge in [-0.15, -0.1) is 0 Å². The number of hydrogen-bond donors (Lipinski definition) is 0. The number of alkyl halides is 6. The third kappa shape index (κ3) is 3.08. The van der Waals surface area contributed by atoms with Gasteiger partial charge in [0.25, 0.3) is 0 Å². The summed E-state index contributed by atoms with van der Waals surface area (Å²) in [5, 5.41) is 0. The van der Waals surface area contributed by atoms with Crippen LogP contribution in [0.1, 0.15) is 13.3 Å². The van der Waals surface area contributed by atoms with Crippen LogP contribution >= 0.6 is 0 Å². The van der Waals surface area contributed by atoms with Crippen molar-refractivity contribution in [3.05, 3.63) is 12.4 Å². The van der Waals surface area contributed by atoms with Gasteiger partial charge in [-0.2, -0.15) is 26.3 Å². The molecule has 0 N–H and O–H groups in total. The van der Waals surface area contributed by atoms with Gasteiger partial charge in [0.2, 0.25) is 0 Å². The van der Waals surface area contributed by atoms with E-state index in [1.807, 2.05) is 6.58 Å².